The molecular formula is C26H37N3O8S. The lowest BCUT2D eigenvalue weighted by Gasteiger charge is -2.28. The van der Waals surface area contributed by atoms with Gasteiger partial charge in [-0.05, 0) is 62.7 Å². The molecule has 1 aliphatic rings. The fraction of sp³-hybridized carbons (Fsp3) is 0.500. The summed E-state index contributed by atoms with van der Waals surface area (Å²) in [5.74, 6) is 1.53. The molecule has 0 radical (unpaired) electrons. The average Bonchev–Trinajstić information content (AvgIpc) is 3.33. The van der Waals surface area contributed by atoms with Gasteiger partial charge in [0.15, 0.2) is 11.5 Å². The van der Waals surface area contributed by atoms with Crippen molar-refractivity contribution in [3.63, 3.8) is 0 Å². The van der Waals surface area contributed by atoms with Crippen LogP contribution < -0.4 is 14.2 Å². The quantitative estimate of drug-likeness (QED) is 0.268. The van der Waals surface area contributed by atoms with Crippen molar-refractivity contribution >= 4 is 16.1 Å². The Labute approximate surface area is 224 Å². The first-order valence-corrected chi connectivity index (χ1v) is 13.9. The lowest BCUT2D eigenvalue weighted by molar-refractivity contribution is -0.0984. The monoisotopic (exact) mass is 551 g/mol. The Kier molecular flexibility index (Phi) is 10.2. The Morgan fingerprint density at radius 2 is 1.74 bits per heavy atom. The van der Waals surface area contributed by atoms with Crippen LogP contribution in [-0.4, -0.2) is 92.3 Å². The summed E-state index contributed by atoms with van der Waals surface area (Å²) >= 11 is 0. The number of rotatable bonds is 14. The van der Waals surface area contributed by atoms with Gasteiger partial charge in [-0.25, -0.2) is 13.2 Å². The minimum Gasteiger partial charge on any atom is -0.492 e. The van der Waals surface area contributed by atoms with E-state index in [0.717, 1.165) is 12.1 Å². The smallest absolute Gasteiger partial charge is 0.431 e. The highest BCUT2D eigenvalue weighted by Gasteiger charge is 2.30. The molecule has 1 aliphatic heterocycles. The first-order valence-electron chi connectivity index (χ1n) is 12.4. The highest BCUT2D eigenvalue weighted by Crippen LogP contribution is 2.35. The van der Waals surface area contributed by atoms with E-state index in [1.165, 1.54) is 16.4 Å². The fourth-order valence-corrected chi connectivity index (χ4v) is 5.64. The van der Waals surface area contributed by atoms with Gasteiger partial charge in [-0.2, -0.15) is 9.37 Å². The van der Waals surface area contributed by atoms with E-state index in [4.69, 9.17) is 14.2 Å². The summed E-state index contributed by atoms with van der Waals surface area (Å²) < 4.78 is 44.7. The Hall–Kier alpha value is -3.06. The van der Waals surface area contributed by atoms with Gasteiger partial charge in [0.25, 0.3) is 0 Å². The number of ether oxygens (including phenoxy) is 3. The topological polar surface area (TPSA) is 129 Å². The number of likely N-dealkylation sites (N-methyl/N-ethyl adjacent to an activating group) is 1. The molecule has 2 aromatic rings. The number of carbonyl (C=O) groups is 1. The maximum atomic E-state index is 13.5. The van der Waals surface area contributed by atoms with Crippen molar-refractivity contribution in [2.75, 3.05) is 47.1 Å². The number of hydrogen-bond acceptors (Lipinski definition) is 8. The largest absolute Gasteiger partial charge is 0.492 e. The van der Waals surface area contributed by atoms with Crippen molar-refractivity contribution in [1.29, 1.82) is 0 Å². The molecule has 0 saturated heterocycles. The summed E-state index contributed by atoms with van der Waals surface area (Å²) in [6.07, 6.45) is -1.23. The lowest BCUT2D eigenvalue weighted by Crippen LogP contribution is -2.42. The van der Waals surface area contributed by atoms with Gasteiger partial charge in [-0.3, -0.25) is 5.21 Å². The minimum absolute atomic E-state index is 0.00962. The van der Waals surface area contributed by atoms with Crippen molar-refractivity contribution in [3.05, 3.63) is 48.0 Å². The molecule has 0 saturated carbocycles. The summed E-state index contributed by atoms with van der Waals surface area (Å²) in [6, 6.07) is 10.8. The highest BCUT2D eigenvalue weighted by molar-refractivity contribution is 7.89. The van der Waals surface area contributed by atoms with Gasteiger partial charge in [0.1, 0.15) is 12.4 Å². The Morgan fingerprint density at radius 1 is 1.05 bits per heavy atom. The predicted octanol–water partition coefficient (Wildman–Crippen LogP) is 3.37. The average molecular weight is 552 g/mol. The van der Waals surface area contributed by atoms with E-state index in [1.807, 2.05) is 45.0 Å². The molecule has 11 nitrogen and oxygen atoms in total. The summed E-state index contributed by atoms with van der Waals surface area (Å²) in [5.41, 5.74) is 0.782. The number of hydrogen-bond donors (Lipinski definition) is 2. The van der Waals surface area contributed by atoms with Crippen molar-refractivity contribution in [2.45, 2.75) is 37.6 Å². The maximum absolute atomic E-state index is 13.5. The molecule has 3 rings (SSSR count). The van der Waals surface area contributed by atoms with Crippen LogP contribution in [0.5, 0.6) is 17.2 Å². The van der Waals surface area contributed by atoms with Crippen LogP contribution in [0, 0.1) is 5.92 Å². The Morgan fingerprint density at radius 3 is 2.37 bits per heavy atom. The molecule has 1 atom stereocenters. The fourth-order valence-electron chi connectivity index (χ4n) is 4.00. The molecule has 210 valence electrons. The van der Waals surface area contributed by atoms with Gasteiger partial charge < -0.3 is 24.2 Å². The zero-order chi connectivity index (χ0) is 27.9. The first kappa shape index (κ1) is 29.5. The standard InChI is InChI=1S/C26H37N3O8S/c1-19(2)17-28(38(33,34)23-9-10-24-25(16-23)37-18-36-24)12-11-21(29(32)26(30)31)15-20-5-7-22(8-6-20)35-14-13-27(3)4/h5-10,16,19,21,32H,11-15,17-18H2,1-4H3,(H,30,31). The molecule has 1 unspecified atom stereocenters. The summed E-state index contributed by atoms with van der Waals surface area (Å²) in [5, 5.41) is 20.0. The number of amides is 1. The molecule has 0 bridgehead atoms. The van der Waals surface area contributed by atoms with Gasteiger partial charge in [0.05, 0.1) is 10.9 Å². The van der Waals surface area contributed by atoms with Crippen LogP contribution in [0.4, 0.5) is 4.79 Å². The van der Waals surface area contributed by atoms with E-state index < -0.39 is 22.2 Å². The lowest BCUT2D eigenvalue weighted by atomic mass is 10.0. The molecular weight excluding hydrogens is 514 g/mol. The van der Waals surface area contributed by atoms with Crippen LogP contribution in [0.1, 0.15) is 25.8 Å². The zero-order valence-corrected chi connectivity index (χ0v) is 23.1. The van der Waals surface area contributed by atoms with E-state index >= 15 is 0 Å². The van der Waals surface area contributed by atoms with Crippen molar-refractivity contribution in [2.24, 2.45) is 5.92 Å². The Balaban J connectivity index is 1.74. The second-order valence-corrected chi connectivity index (χ2v) is 11.8. The third-order valence-corrected chi connectivity index (χ3v) is 7.87. The number of sulfonamides is 1. The van der Waals surface area contributed by atoms with Crippen molar-refractivity contribution in [3.8, 4) is 17.2 Å². The molecule has 0 aromatic heterocycles. The third-order valence-electron chi connectivity index (χ3n) is 6.01. The minimum atomic E-state index is -3.92. The molecule has 38 heavy (non-hydrogen) atoms. The zero-order valence-electron chi connectivity index (χ0n) is 22.2. The van der Waals surface area contributed by atoms with E-state index in [9.17, 15) is 23.5 Å². The molecule has 0 spiro atoms. The van der Waals surface area contributed by atoms with Crippen molar-refractivity contribution < 1.29 is 37.7 Å². The Bertz CT molecular complexity index is 1170. The van der Waals surface area contributed by atoms with Gasteiger partial charge >= 0.3 is 6.09 Å². The van der Waals surface area contributed by atoms with Crippen LogP contribution in [-0.2, 0) is 16.4 Å². The SMILES string of the molecule is CC(C)CN(CCC(Cc1ccc(OCCN(C)C)cc1)N(O)C(=O)O)S(=O)(=O)c1ccc2c(c1)OCO2. The molecule has 1 heterocycles. The van der Waals surface area contributed by atoms with Crippen LogP contribution in [0.25, 0.3) is 0 Å². The molecule has 2 aromatic carbocycles. The molecule has 12 heteroatoms. The van der Waals surface area contributed by atoms with E-state index in [2.05, 4.69) is 0 Å². The highest BCUT2D eigenvalue weighted by atomic mass is 32.2. The third kappa shape index (κ3) is 7.97. The van der Waals surface area contributed by atoms with Gasteiger partial charge in [-0.15, -0.1) is 0 Å². The van der Waals surface area contributed by atoms with E-state index in [0.29, 0.717) is 23.9 Å². The second kappa shape index (κ2) is 13.1. The van der Waals surface area contributed by atoms with Gasteiger partial charge in [-0.1, -0.05) is 26.0 Å². The van der Waals surface area contributed by atoms with Crippen LogP contribution in [0.2, 0.25) is 0 Å². The maximum Gasteiger partial charge on any atom is 0.431 e. The van der Waals surface area contributed by atoms with Crippen molar-refractivity contribution in [1.82, 2.24) is 14.3 Å². The summed E-state index contributed by atoms with van der Waals surface area (Å²) in [4.78, 5) is 13.7. The molecule has 0 fully saturated rings. The number of benzene rings is 2. The van der Waals surface area contributed by atoms with Crippen LogP contribution in [0.3, 0.4) is 0 Å². The molecule has 1 amide bonds. The number of carboxylic acid groups (broad SMARTS) is 1. The number of nitrogens with zero attached hydrogens (tertiary/aromatic N) is 3. The van der Waals surface area contributed by atoms with Gasteiger partial charge in [0.2, 0.25) is 16.8 Å². The number of fused-ring (bicyclic) bond motifs is 1. The van der Waals surface area contributed by atoms with Gasteiger partial charge in [0, 0.05) is 25.7 Å². The summed E-state index contributed by atoms with van der Waals surface area (Å²) in [7, 11) is -0.00929. The first-order chi connectivity index (χ1) is 18.0. The van der Waals surface area contributed by atoms with Crippen LogP contribution in [0.15, 0.2) is 47.4 Å². The number of hydroxylamine groups is 2. The summed E-state index contributed by atoms with van der Waals surface area (Å²) in [6.45, 7) is 5.36. The predicted molar refractivity (Wildman–Crippen MR) is 140 cm³/mol. The van der Waals surface area contributed by atoms with E-state index in [-0.39, 0.29) is 48.6 Å². The normalized spacial score (nSPS) is 13.8. The van der Waals surface area contributed by atoms with E-state index in [1.54, 1.807) is 18.2 Å². The molecule has 2 N–H and O–H groups in total. The molecule has 0 aliphatic carbocycles. The second-order valence-electron chi connectivity index (χ2n) is 9.84. The van der Waals surface area contributed by atoms with Crippen LogP contribution >= 0.6 is 0 Å².